The van der Waals surface area contributed by atoms with E-state index in [1.54, 1.807) is 0 Å². The van der Waals surface area contributed by atoms with Crippen molar-refractivity contribution in [1.82, 2.24) is 15.5 Å². The first-order valence-corrected chi connectivity index (χ1v) is 21.8. The number of aromatic hydroxyl groups is 2. The highest BCUT2D eigenvalue weighted by Gasteiger charge is 2.50. The number of ether oxygens (including phenoxy) is 8. The zero-order valence-electron chi connectivity index (χ0n) is 36.0. The number of imide groups is 1. The maximum atomic E-state index is 14.1. The van der Waals surface area contributed by atoms with E-state index in [0.717, 1.165) is 17.1 Å². The molecule has 6 aliphatic rings. The molecule has 3 fully saturated rings. The van der Waals surface area contributed by atoms with Gasteiger partial charge in [0.05, 0.1) is 68.0 Å². The second-order valence-electron chi connectivity index (χ2n) is 16.8. The Kier molecular flexibility index (Phi) is 14.1. The number of aliphatic hydroxyl groups is 1. The molecule has 2 aliphatic carbocycles. The molecule has 0 spiro atoms. The van der Waals surface area contributed by atoms with Crippen molar-refractivity contribution in [3.63, 3.8) is 0 Å². The minimum atomic E-state index is -2.27. The minimum Gasteiger partial charge on any atom is -0.507 e. The number of Topliss-reactive ketones (excluding diaryl/α,β-unsaturated/α-hetero) is 1. The number of nitrogens with zero attached hydrogens (tertiary/aromatic N) is 1. The van der Waals surface area contributed by atoms with Crippen molar-refractivity contribution in [1.29, 1.82) is 0 Å². The predicted molar refractivity (Wildman–Crippen MR) is 221 cm³/mol. The number of hydrogen-bond donors (Lipinski definition) is 5. The van der Waals surface area contributed by atoms with Crippen molar-refractivity contribution >= 4 is 35.1 Å². The van der Waals surface area contributed by atoms with Gasteiger partial charge in [0.2, 0.25) is 11.7 Å². The van der Waals surface area contributed by atoms with E-state index < -0.39 is 114 Å². The van der Waals surface area contributed by atoms with Gasteiger partial charge in [0.1, 0.15) is 42.3 Å². The van der Waals surface area contributed by atoms with E-state index in [-0.39, 0.29) is 66.6 Å². The van der Waals surface area contributed by atoms with Crippen molar-refractivity contribution in [3.8, 4) is 17.2 Å². The fraction of sp³-hybridized carbons (Fsp3) is 0.556. The standard InChI is InChI=1S/C45H53N3O17/c1-23-27(64-32-22-59-16-14-47-32)9-12-36(62-23)65-29-18-45(57,17-26-38(29)44(56)40-39(42(26)54)41(53)25-6-4-7-28(58-2)37(25)43(40)55)30(49)20-61-35-8-3-5-24(63-35)19-60-21-31(50)46-13-15-48-33(51)10-11-34(48)52/h4,6-7,10-11,23-24,27,29,32,35-36,47,54,56-57H,3,5,8-9,12-22H2,1-2H3,(H,46,50)/t23-,24?,27?,29-,32+,35?,36-,45-/m0/s1. The monoisotopic (exact) mass is 907 g/mol. The number of fused-ring (bicyclic) bond motifs is 3. The summed E-state index contributed by atoms with van der Waals surface area (Å²) in [6.07, 6.45) is -1.03. The Hall–Kier alpha value is -5.16. The molecule has 0 bridgehead atoms. The molecule has 350 valence electrons. The molecule has 0 radical (unpaired) electrons. The first-order chi connectivity index (χ1) is 31.3. The maximum absolute atomic E-state index is 14.1. The van der Waals surface area contributed by atoms with Gasteiger partial charge in [-0.1, -0.05) is 12.1 Å². The molecule has 8 atom stereocenters. The van der Waals surface area contributed by atoms with Crippen LogP contribution in [0.1, 0.15) is 94.5 Å². The van der Waals surface area contributed by atoms with E-state index in [9.17, 15) is 44.1 Å². The summed E-state index contributed by atoms with van der Waals surface area (Å²) in [5, 5.41) is 42.0. The molecular weight excluding hydrogens is 854 g/mol. The summed E-state index contributed by atoms with van der Waals surface area (Å²) >= 11 is 0. The second-order valence-corrected chi connectivity index (χ2v) is 16.8. The van der Waals surface area contributed by atoms with E-state index in [2.05, 4.69) is 10.6 Å². The number of phenolic OH excluding ortho intramolecular Hbond substituents is 2. The van der Waals surface area contributed by atoms with Crippen molar-refractivity contribution in [3.05, 3.63) is 63.7 Å². The summed E-state index contributed by atoms with van der Waals surface area (Å²) in [6, 6.07) is 4.42. The van der Waals surface area contributed by atoms with Crippen molar-refractivity contribution in [2.24, 2.45) is 0 Å². The summed E-state index contributed by atoms with van der Waals surface area (Å²) in [4.78, 5) is 79.0. The number of amides is 3. The van der Waals surface area contributed by atoms with Crippen LogP contribution in [0.2, 0.25) is 0 Å². The van der Waals surface area contributed by atoms with Crippen LogP contribution in [0, 0.1) is 0 Å². The molecule has 3 unspecified atom stereocenters. The Bertz CT molecular complexity index is 2220. The predicted octanol–water partition coefficient (Wildman–Crippen LogP) is 1.01. The molecule has 3 saturated heterocycles. The number of benzene rings is 2. The van der Waals surface area contributed by atoms with E-state index >= 15 is 0 Å². The van der Waals surface area contributed by atoms with Crippen LogP contribution in [0.4, 0.5) is 0 Å². The van der Waals surface area contributed by atoms with Crippen LogP contribution >= 0.6 is 0 Å². The average Bonchev–Trinajstić information content (AvgIpc) is 3.62. The third kappa shape index (κ3) is 9.72. The fourth-order valence-corrected chi connectivity index (χ4v) is 9.18. The molecule has 8 rings (SSSR count). The number of ketones is 3. The molecule has 20 heteroatoms. The van der Waals surface area contributed by atoms with Gasteiger partial charge in [-0.25, -0.2) is 0 Å². The largest absolute Gasteiger partial charge is 0.507 e. The minimum absolute atomic E-state index is 0.0201. The van der Waals surface area contributed by atoms with Crippen LogP contribution in [0.3, 0.4) is 0 Å². The van der Waals surface area contributed by atoms with Gasteiger partial charge < -0.3 is 58.5 Å². The Morgan fingerprint density at radius 3 is 2.46 bits per heavy atom. The summed E-state index contributed by atoms with van der Waals surface area (Å²) in [7, 11) is 1.34. The van der Waals surface area contributed by atoms with Gasteiger partial charge in [-0.3, -0.25) is 39.0 Å². The van der Waals surface area contributed by atoms with Gasteiger partial charge in [0, 0.05) is 67.7 Å². The molecule has 65 heavy (non-hydrogen) atoms. The van der Waals surface area contributed by atoms with Crippen molar-refractivity contribution in [2.45, 2.75) is 101 Å². The molecule has 2 aromatic carbocycles. The van der Waals surface area contributed by atoms with Gasteiger partial charge in [-0.2, -0.15) is 0 Å². The molecule has 3 amide bonds. The van der Waals surface area contributed by atoms with Gasteiger partial charge >= 0.3 is 0 Å². The first kappa shape index (κ1) is 46.4. The number of phenols is 2. The lowest BCUT2D eigenvalue weighted by atomic mass is 9.72. The lowest BCUT2D eigenvalue weighted by molar-refractivity contribution is -0.258. The summed E-state index contributed by atoms with van der Waals surface area (Å²) in [5.41, 5.74) is -3.57. The van der Waals surface area contributed by atoms with Crippen molar-refractivity contribution < 1.29 is 82.0 Å². The number of morpholine rings is 1. The lowest BCUT2D eigenvalue weighted by Gasteiger charge is -2.42. The van der Waals surface area contributed by atoms with E-state index in [4.69, 9.17) is 37.9 Å². The molecule has 5 N–H and O–H groups in total. The smallest absolute Gasteiger partial charge is 0.253 e. The number of nitrogens with one attached hydrogen (secondary N) is 2. The van der Waals surface area contributed by atoms with Crippen LogP contribution in [0.25, 0.3) is 0 Å². The van der Waals surface area contributed by atoms with Crippen LogP contribution in [-0.2, 0) is 58.8 Å². The third-order valence-electron chi connectivity index (χ3n) is 12.5. The highest BCUT2D eigenvalue weighted by atomic mass is 16.7. The molecule has 4 aliphatic heterocycles. The highest BCUT2D eigenvalue weighted by molar-refractivity contribution is 6.31. The van der Waals surface area contributed by atoms with Crippen LogP contribution in [0.5, 0.6) is 17.2 Å². The Labute approximate surface area is 373 Å². The molecular formula is C45H53N3O17. The molecule has 4 heterocycles. The third-order valence-corrected chi connectivity index (χ3v) is 12.5. The molecule has 2 aromatic rings. The SMILES string of the molecule is COc1cccc2c1C(=O)c1c(O)c3c(c(O)c1C2=O)C[C@@](O)(C(=O)COC1CCCC(COCC(=O)NCCN2C(=O)C=CC2=O)O1)C[C@@H]3O[C@H]1CCC(O[C@@H]2COCCN2)[C@H](C)O1. The molecule has 20 nitrogen and oxygen atoms in total. The van der Waals surface area contributed by atoms with Gasteiger partial charge in [0.25, 0.3) is 11.8 Å². The zero-order valence-corrected chi connectivity index (χ0v) is 36.0. The summed E-state index contributed by atoms with van der Waals surface area (Å²) < 4.78 is 47.3. The highest BCUT2D eigenvalue weighted by Crippen LogP contribution is 2.52. The van der Waals surface area contributed by atoms with Gasteiger partial charge in [-0.05, 0) is 38.7 Å². The topological polar surface area (TPSA) is 264 Å². The van der Waals surface area contributed by atoms with Crippen molar-refractivity contribution in [2.75, 3.05) is 59.8 Å². The number of methoxy groups -OCH3 is 1. The summed E-state index contributed by atoms with van der Waals surface area (Å²) in [6.45, 7) is 2.57. The lowest BCUT2D eigenvalue weighted by Crippen LogP contribution is -2.50. The van der Waals surface area contributed by atoms with E-state index in [0.29, 0.717) is 51.9 Å². The Morgan fingerprint density at radius 1 is 0.938 bits per heavy atom. The Morgan fingerprint density at radius 2 is 1.72 bits per heavy atom. The number of carbonyl (C=O) groups excluding carboxylic acids is 6. The first-order valence-electron chi connectivity index (χ1n) is 21.8. The van der Waals surface area contributed by atoms with Crippen LogP contribution in [-0.4, -0.2) is 158 Å². The Balaban J connectivity index is 0.949. The van der Waals surface area contributed by atoms with Crippen LogP contribution in [0.15, 0.2) is 30.4 Å². The number of rotatable bonds is 16. The number of hydrogen-bond acceptors (Lipinski definition) is 18. The van der Waals surface area contributed by atoms with E-state index in [1.165, 1.54) is 25.3 Å². The second kappa shape index (κ2) is 19.7. The maximum Gasteiger partial charge on any atom is 0.253 e. The molecule has 0 saturated carbocycles. The quantitative estimate of drug-likeness (QED) is 0.0992. The normalized spacial score (nSPS) is 28.7. The summed E-state index contributed by atoms with van der Waals surface area (Å²) in [5.74, 6) is -4.91. The van der Waals surface area contributed by atoms with Gasteiger partial charge in [-0.15, -0.1) is 0 Å². The van der Waals surface area contributed by atoms with Crippen LogP contribution < -0.4 is 15.4 Å². The fourth-order valence-electron chi connectivity index (χ4n) is 9.18. The van der Waals surface area contributed by atoms with Gasteiger partial charge in [0.15, 0.2) is 24.1 Å². The van der Waals surface area contributed by atoms with E-state index in [1.807, 2.05) is 6.92 Å². The zero-order chi connectivity index (χ0) is 46.0. The number of carbonyl (C=O) groups is 6. The molecule has 0 aromatic heterocycles. The average molecular weight is 908 g/mol.